The Labute approximate surface area is 101 Å². The quantitative estimate of drug-likeness (QED) is 0.770. The summed E-state index contributed by atoms with van der Waals surface area (Å²) >= 11 is 0. The van der Waals surface area contributed by atoms with Gasteiger partial charge in [0.15, 0.2) is 0 Å². The van der Waals surface area contributed by atoms with E-state index in [9.17, 15) is 0 Å². The van der Waals surface area contributed by atoms with Crippen molar-refractivity contribution in [3.63, 3.8) is 0 Å². The lowest BCUT2D eigenvalue weighted by Crippen LogP contribution is -2.51. The number of likely N-dealkylation sites (N-methyl/N-ethyl adjacent to an activating group) is 1. The van der Waals surface area contributed by atoms with Crippen molar-refractivity contribution in [3.05, 3.63) is 0 Å². The zero-order chi connectivity index (χ0) is 12.1. The first-order chi connectivity index (χ1) is 7.60. The highest BCUT2D eigenvalue weighted by Gasteiger charge is 2.27. The molecular weight excluding hydrogens is 198 g/mol. The minimum absolute atomic E-state index is 0.554. The Kier molecular flexibility index (Phi) is 5.73. The smallest absolute Gasteiger partial charge is 0.0243 e. The molecule has 0 aromatic heterocycles. The molecular formula is C13H29N3. The van der Waals surface area contributed by atoms with Crippen LogP contribution in [0.25, 0.3) is 0 Å². The summed E-state index contributed by atoms with van der Waals surface area (Å²) in [6.45, 7) is 7.83. The van der Waals surface area contributed by atoms with Gasteiger partial charge in [-0.1, -0.05) is 20.3 Å². The second-order valence-corrected chi connectivity index (χ2v) is 5.39. The summed E-state index contributed by atoms with van der Waals surface area (Å²) < 4.78 is 0. The van der Waals surface area contributed by atoms with Crippen LogP contribution in [0, 0.1) is 5.92 Å². The second-order valence-electron chi connectivity index (χ2n) is 5.39. The highest BCUT2D eigenvalue weighted by Crippen LogP contribution is 2.20. The molecule has 1 rings (SSSR count). The van der Waals surface area contributed by atoms with Crippen molar-refractivity contribution in [3.8, 4) is 0 Å². The van der Waals surface area contributed by atoms with E-state index in [2.05, 4.69) is 37.7 Å². The van der Waals surface area contributed by atoms with Gasteiger partial charge in [-0.15, -0.1) is 0 Å². The molecule has 0 amide bonds. The molecule has 2 atom stereocenters. The number of likely N-dealkylation sites (tertiary alicyclic amines) is 1. The Morgan fingerprint density at radius 3 is 2.38 bits per heavy atom. The molecule has 3 heteroatoms. The van der Waals surface area contributed by atoms with Gasteiger partial charge in [-0.25, -0.2) is 0 Å². The average Bonchev–Trinajstić information content (AvgIpc) is 2.30. The summed E-state index contributed by atoms with van der Waals surface area (Å²) in [4.78, 5) is 4.96. The normalized spacial score (nSPS) is 23.6. The molecule has 3 nitrogen and oxygen atoms in total. The lowest BCUT2D eigenvalue weighted by Gasteiger charge is -2.41. The number of nitrogens with zero attached hydrogens (tertiary/aromatic N) is 2. The van der Waals surface area contributed by atoms with Gasteiger partial charge in [0.05, 0.1) is 0 Å². The van der Waals surface area contributed by atoms with Gasteiger partial charge in [-0.3, -0.25) is 4.90 Å². The third kappa shape index (κ3) is 3.44. The third-order valence-corrected chi connectivity index (χ3v) is 4.33. The van der Waals surface area contributed by atoms with Crippen molar-refractivity contribution >= 4 is 0 Å². The number of hydrogen-bond donors (Lipinski definition) is 1. The van der Waals surface area contributed by atoms with Gasteiger partial charge in [-0.2, -0.15) is 0 Å². The van der Waals surface area contributed by atoms with Gasteiger partial charge < -0.3 is 10.6 Å². The summed E-state index contributed by atoms with van der Waals surface area (Å²) in [6.07, 6.45) is 3.80. The Hall–Kier alpha value is -0.120. The van der Waals surface area contributed by atoms with Gasteiger partial charge in [-0.05, 0) is 45.9 Å². The van der Waals surface area contributed by atoms with Crippen molar-refractivity contribution < 1.29 is 0 Å². The standard InChI is InChI=1S/C13H29N3/c1-5-11(2)13(10-14)16(4)12-6-8-15(3)9-7-12/h11-13H,5-10,14H2,1-4H3. The summed E-state index contributed by atoms with van der Waals surface area (Å²) in [6, 6.07) is 1.29. The summed E-state index contributed by atoms with van der Waals surface area (Å²) in [5, 5.41) is 0. The summed E-state index contributed by atoms with van der Waals surface area (Å²) in [5.74, 6) is 0.703. The van der Waals surface area contributed by atoms with E-state index >= 15 is 0 Å². The number of piperidine rings is 1. The zero-order valence-corrected chi connectivity index (χ0v) is 11.4. The first kappa shape index (κ1) is 13.9. The summed E-state index contributed by atoms with van der Waals surface area (Å²) in [5.41, 5.74) is 5.93. The molecule has 0 spiro atoms. The highest BCUT2D eigenvalue weighted by molar-refractivity contribution is 4.84. The van der Waals surface area contributed by atoms with Gasteiger partial charge >= 0.3 is 0 Å². The molecule has 0 aliphatic carbocycles. The van der Waals surface area contributed by atoms with Crippen LogP contribution in [0.15, 0.2) is 0 Å². The molecule has 16 heavy (non-hydrogen) atoms. The van der Waals surface area contributed by atoms with Gasteiger partial charge in [0.1, 0.15) is 0 Å². The minimum Gasteiger partial charge on any atom is -0.329 e. The van der Waals surface area contributed by atoms with Crippen LogP contribution in [-0.2, 0) is 0 Å². The van der Waals surface area contributed by atoms with E-state index in [1.54, 1.807) is 0 Å². The first-order valence-electron chi connectivity index (χ1n) is 6.70. The highest BCUT2D eigenvalue weighted by atomic mass is 15.2. The van der Waals surface area contributed by atoms with Crippen LogP contribution >= 0.6 is 0 Å². The van der Waals surface area contributed by atoms with E-state index in [-0.39, 0.29) is 0 Å². The molecule has 96 valence electrons. The lowest BCUT2D eigenvalue weighted by molar-refractivity contribution is 0.0844. The van der Waals surface area contributed by atoms with Gasteiger partial charge in [0.2, 0.25) is 0 Å². The van der Waals surface area contributed by atoms with Crippen LogP contribution in [0.1, 0.15) is 33.1 Å². The Morgan fingerprint density at radius 1 is 1.38 bits per heavy atom. The molecule has 0 bridgehead atoms. The fourth-order valence-electron chi connectivity index (χ4n) is 2.75. The van der Waals surface area contributed by atoms with Crippen LogP contribution in [0.2, 0.25) is 0 Å². The second kappa shape index (κ2) is 6.58. The van der Waals surface area contributed by atoms with E-state index in [1.807, 2.05) is 0 Å². The van der Waals surface area contributed by atoms with Crippen molar-refractivity contribution in [2.75, 3.05) is 33.7 Å². The van der Waals surface area contributed by atoms with E-state index in [4.69, 9.17) is 5.73 Å². The number of nitrogens with two attached hydrogens (primary N) is 1. The number of rotatable bonds is 5. The molecule has 2 N–H and O–H groups in total. The molecule has 0 saturated carbocycles. The lowest BCUT2D eigenvalue weighted by atomic mass is 9.94. The van der Waals surface area contributed by atoms with Crippen LogP contribution < -0.4 is 5.73 Å². The topological polar surface area (TPSA) is 32.5 Å². The van der Waals surface area contributed by atoms with E-state index in [1.165, 1.54) is 32.4 Å². The fraction of sp³-hybridized carbons (Fsp3) is 1.00. The maximum Gasteiger partial charge on any atom is 0.0243 e. The predicted octanol–water partition coefficient (Wildman–Crippen LogP) is 1.39. The molecule has 1 aliphatic heterocycles. The zero-order valence-electron chi connectivity index (χ0n) is 11.4. The van der Waals surface area contributed by atoms with Crippen LogP contribution in [0.5, 0.6) is 0 Å². The fourth-order valence-corrected chi connectivity index (χ4v) is 2.75. The molecule has 1 fully saturated rings. The maximum atomic E-state index is 5.93. The van der Waals surface area contributed by atoms with Crippen LogP contribution in [-0.4, -0.2) is 55.6 Å². The van der Waals surface area contributed by atoms with Crippen molar-refractivity contribution in [2.45, 2.75) is 45.2 Å². The van der Waals surface area contributed by atoms with Gasteiger partial charge in [0, 0.05) is 18.6 Å². The first-order valence-corrected chi connectivity index (χ1v) is 6.70. The van der Waals surface area contributed by atoms with E-state index in [0.717, 1.165) is 12.6 Å². The van der Waals surface area contributed by atoms with Crippen LogP contribution in [0.4, 0.5) is 0 Å². The Balaban J connectivity index is 2.50. The minimum atomic E-state index is 0.554. The third-order valence-electron chi connectivity index (χ3n) is 4.33. The Bertz CT molecular complexity index is 188. The van der Waals surface area contributed by atoms with Crippen molar-refractivity contribution in [1.82, 2.24) is 9.80 Å². The monoisotopic (exact) mass is 227 g/mol. The largest absolute Gasteiger partial charge is 0.329 e. The molecule has 0 radical (unpaired) electrons. The molecule has 1 aliphatic rings. The molecule has 1 saturated heterocycles. The molecule has 0 aromatic rings. The van der Waals surface area contributed by atoms with Crippen molar-refractivity contribution in [2.24, 2.45) is 11.7 Å². The van der Waals surface area contributed by atoms with Crippen molar-refractivity contribution in [1.29, 1.82) is 0 Å². The molecule has 1 heterocycles. The Morgan fingerprint density at radius 2 is 1.94 bits per heavy atom. The van der Waals surface area contributed by atoms with E-state index in [0.29, 0.717) is 12.0 Å². The summed E-state index contributed by atoms with van der Waals surface area (Å²) in [7, 11) is 4.48. The number of hydrogen-bond acceptors (Lipinski definition) is 3. The molecule has 2 unspecified atom stereocenters. The maximum absolute atomic E-state index is 5.93. The molecule has 0 aromatic carbocycles. The predicted molar refractivity (Wildman–Crippen MR) is 70.6 cm³/mol. The van der Waals surface area contributed by atoms with Gasteiger partial charge in [0.25, 0.3) is 0 Å². The average molecular weight is 227 g/mol. The SMILES string of the molecule is CCC(C)C(CN)N(C)C1CCN(C)CC1. The van der Waals surface area contributed by atoms with Crippen LogP contribution in [0.3, 0.4) is 0 Å². The van der Waals surface area contributed by atoms with E-state index < -0.39 is 0 Å².